The first kappa shape index (κ1) is 25.1. The third-order valence-corrected chi connectivity index (χ3v) is 7.38. The minimum Gasteiger partial charge on any atom is -0.493 e. The number of Topliss-reactive ketones (excluding diaryl/α,β-unsaturated/α-hetero) is 1. The van der Waals surface area contributed by atoms with Crippen LogP contribution in [-0.4, -0.2) is 26.0 Å². The lowest BCUT2D eigenvalue weighted by Gasteiger charge is -2.29. The molecule has 5 rings (SSSR count). The van der Waals surface area contributed by atoms with E-state index in [1.807, 2.05) is 43.3 Å². The average Bonchev–Trinajstić information content (AvgIpc) is 3.18. The molecular formula is C29H23BrClNO5. The van der Waals surface area contributed by atoms with Crippen LogP contribution in [0, 0.1) is 0 Å². The van der Waals surface area contributed by atoms with Crippen LogP contribution in [0.15, 0.2) is 82.0 Å². The number of fused-ring (bicyclic) bond motifs is 2. The Kier molecular flexibility index (Phi) is 6.84. The van der Waals surface area contributed by atoms with Gasteiger partial charge in [-0.05, 0) is 58.2 Å². The van der Waals surface area contributed by atoms with Crippen molar-refractivity contribution in [3.8, 4) is 11.5 Å². The Labute approximate surface area is 228 Å². The number of ether oxygens (including phenoxy) is 3. The molecule has 2 aliphatic rings. The van der Waals surface area contributed by atoms with Crippen LogP contribution in [0.1, 0.15) is 39.9 Å². The molecule has 1 aliphatic heterocycles. The summed E-state index contributed by atoms with van der Waals surface area (Å²) in [7, 11) is 2.88. The number of halogens is 2. The van der Waals surface area contributed by atoms with Gasteiger partial charge in [-0.25, -0.2) is 4.79 Å². The van der Waals surface area contributed by atoms with Gasteiger partial charge in [0.25, 0.3) is 0 Å². The minimum atomic E-state index is -0.667. The van der Waals surface area contributed by atoms with Crippen molar-refractivity contribution in [1.82, 2.24) is 5.32 Å². The molecular weight excluding hydrogens is 558 g/mol. The second kappa shape index (κ2) is 10.1. The van der Waals surface area contributed by atoms with Gasteiger partial charge < -0.3 is 19.5 Å². The van der Waals surface area contributed by atoms with Gasteiger partial charge in [0.2, 0.25) is 0 Å². The molecule has 1 aliphatic carbocycles. The molecule has 0 radical (unpaired) electrons. The molecule has 0 saturated carbocycles. The second-order valence-electron chi connectivity index (χ2n) is 8.70. The average molecular weight is 581 g/mol. The quantitative estimate of drug-likeness (QED) is 0.339. The minimum absolute atomic E-state index is 0.129. The van der Waals surface area contributed by atoms with E-state index in [-0.39, 0.29) is 5.78 Å². The van der Waals surface area contributed by atoms with Gasteiger partial charge in [-0.15, -0.1) is 0 Å². The number of carbonyl (C=O) groups excluding carboxylic acids is 2. The molecule has 0 amide bonds. The van der Waals surface area contributed by atoms with E-state index >= 15 is 0 Å². The van der Waals surface area contributed by atoms with E-state index in [4.69, 9.17) is 25.8 Å². The summed E-state index contributed by atoms with van der Waals surface area (Å²) in [4.78, 5) is 26.6. The summed E-state index contributed by atoms with van der Waals surface area (Å²) < 4.78 is 17.5. The fraction of sp³-hybridized carbons (Fsp3) is 0.172. The molecule has 0 spiro atoms. The van der Waals surface area contributed by atoms with Gasteiger partial charge in [0.1, 0.15) is 6.61 Å². The largest absolute Gasteiger partial charge is 0.493 e. The molecule has 1 heterocycles. The molecule has 188 valence electrons. The maximum absolute atomic E-state index is 13.6. The van der Waals surface area contributed by atoms with E-state index in [9.17, 15) is 9.59 Å². The van der Waals surface area contributed by atoms with Crippen LogP contribution < -0.4 is 14.8 Å². The zero-order chi connectivity index (χ0) is 26.3. The van der Waals surface area contributed by atoms with Crippen molar-refractivity contribution in [2.75, 3.05) is 14.2 Å². The molecule has 8 heteroatoms. The standard InChI is InChI=1S/C29H23BrClNO5/c1-15-23(29(34)36-3)24(25-26(32-15)19-6-4-5-7-20(19)27(25)33)17-12-21(30)28(22(13-17)35-2)37-14-16-8-10-18(31)11-9-16/h4-13,24,32H,14H2,1-3H3/t24-/m0/s1. The number of dihydropyridines is 1. The van der Waals surface area contributed by atoms with E-state index in [1.165, 1.54) is 7.11 Å². The Balaban J connectivity index is 1.60. The van der Waals surface area contributed by atoms with Crippen LogP contribution in [0.2, 0.25) is 5.02 Å². The summed E-state index contributed by atoms with van der Waals surface area (Å²) in [6.07, 6.45) is 0. The molecule has 1 atom stereocenters. The zero-order valence-electron chi connectivity index (χ0n) is 20.4. The van der Waals surface area contributed by atoms with Crippen LogP contribution in [0.25, 0.3) is 5.70 Å². The van der Waals surface area contributed by atoms with Crippen molar-refractivity contribution in [3.63, 3.8) is 0 Å². The summed E-state index contributed by atoms with van der Waals surface area (Å²) in [6.45, 7) is 2.11. The monoisotopic (exact) mass is 579 g/mol. The van der Waals surface area contributed by atoms with E-state index in [0.717, 1.165) is 11.1 Å². The normalized spacial score (nSPS) is 16.2. The summed E-state index contributed by atoms with van der Waals surface area (Å²) in [5.74, 6) is -0.340. The molecule has 1 N–H and O–H groups in total. The number of hydrogen-bond donors (Lipinski definition) is 1. The van der Waals surface area contributed by atoms with Crippen molar-refractivity contribution in [3.05, 3.63) is 109 Å². The fourth-order valence-corrected chi connectivity index (χ4v) is 5.53. The molecule has 3 aromatic rings. The first-order valence-corrected chi connectivity index (χ1v) is 12.7. The number of hydrogen-bond acceptors (Lipinski definition) is 6. The van der Waals surface area contributed by atoms with Gasteiger partial charge in [0, 0.05) is 33.3 Å². The van der Waals surface area contributed by atoms with Gasteiger partial charge in [-0.1, -0.05) is 48.0 Å². The summed E-state index contributed by atoms with van der Waals surface area (Å²) in [6, 6.07) is 18.5. The first-order valence-electron chi connectivity index (χ1n) is 11.5. The predicted octanol–water partition coefficient (Wildman–Crippen LogP) is 6.43. The van der Waals surface area contributed by atoms with Crippen molar-refractivity contribution in [2.45, 2.75) is 19.4 Å². The highest BCUT2D eigenvalue weighted by Crippen LogP contribution is 2.49. The van der Waals surface area contributed by atoms with Gasteiger partial charge in [0.05, 0.1) is 30.0 Å². The van der Waals surface area contributed by atoms with Gasteiger partial charge in [0.15, 0.2) is 17.3 Å². The number of nitrogens with one attached hydrogen (secondary N) is 1. The molecule has 37 heavy (non-hydrogen) atoms. The van der Waals surface area contributed by atoms with E-state index in [1.54, 1.807) is 31.4 Å². The van der Waals surface area contributed by atoms with Crippen LogP contribution in [0.5, 0.6) is 11.5 Å². The SMILES string of the molecule is COC(=O)C1=C(C)NC2=C(C(=O)c3ccccc32)[C@H]1c1cc(Br)c(OCc2ccc(Cl)cc2)c(OC)c1. The highest BCUT2D eigenvalue weighted by molar-refractivity contribution is 9.10. The predicted molar refractivity (Wildman–Crippen MR) is 145 cm³/mol. The highest BCUT2D eigenvalue weighted by atomic mass is 79.9. The summed E-state index contributed by atoms with van der Waals surface area (Å²) in [5, 5.41) is 3.94. The third kappa shape index (κ3) is 4.43. The summed E-state index contributed by atoms with van der Waals surface area (Å²) >= 11 is 9.61. The molecule has 0 fully saturated rings. The maximum Gasteiger partial charge on any atom is 0.336 e. The third-order valence-electron chi connectivity index (χ3n) is 6.54. The van der Waals surface area contributed by atoms with Crippen LogP contribution in [0.4, 0.5) is 0 Å². The number of carbonyl (C=O) groups is 2. The van der Waals surface area contributed by atoms with Crippen LogP contribution >= 0.6 is 27.5 Å². The Morgan fingerprint density at radius 1 is 1.05 bits per heavy atom. The number of ketones is 1. The van der Waals surface area contributed by atoms with E-state index < -0.39 is 11.9 Å². The lowest BCUT2D eigenvalue weighted by Crippen LogP contribution is -2.29. The Hall–Kier alpha value is -3.55. The van der Waals surface area contributed by atoms with E-state index in [2.05, 4.69) is 21.2 Å². The maximum atomic E-state index is 13.6. The van der Waals surface area contributed by atoms with Gasteiger partial charge in [-0.3, -0.25) is 4.79 Å². The Bertz CT molecular complexity index is 1490. The number of rotatable bonds is 6. The van der Waals surface area contributed by atoms with Gasteiger partial charge in [-0.2, -0.15) is 0 Å². The van der Waals surface area contributed by atoms with Crippen molar-refractivity contribution < 1.29 is 23.8 Å². The molecule has 0 aromatic heterocycles. The molecule has 0 unspecified atom stereocenters. The summed E-state index contributed by atoms with van der Waals surface area (Å²) in [5.41, 5.74) is 5.23. The van der Waals surface area contributed by atoms with Crippen molar-refractivity contribution in [2.24, 2.45) is 0 Å². The first-order chi connectivity index (χ1) is 17.8. The second-order valence-corrected chi connectivity index (χ2v) is 9.99. The Morgan fingerprint density at radius 2 is 1.76 bits per heavy atom. The lowest BCUT2D eigenvalue weighted by atomic mass is 9.79. The fourth-order valence-electron chi connectivity index (χ4n) is 4.83. The smallest absolute Gasteiger partial charge is 0.336 e. The molecule has 6 nitrogen and oxygen atoms in total. The number of benzene rings is 3. The zero-order valence-corrected chi connectivity index (χ0v) is 22.7. The number of esters is 1. The van der Waals surface area contributed by atoms with Crippen molar-refractivity contribution in [1.29, 1.82) is 0 Å². The molecule has 3 aromatic carbocycles. The number of methoxy groups -OCH3 is 2. The Morgan fingerprint density at radius 3 is 2.43 bits per heavy atom. The van der Waals surface area contributed by atoms with Gasteiger partial charge >= 0.3 is 5.97 Å². The van der Waals surface area contributed by atoms with E-state index in [0.29, 0.717) is 61.3 Å². The number of allylic oxidation sites excluding steroid dienone is 2. The highest BCUT2D eigenvalue weighted by Gasteiger charge is 2.43. The van der Waals surface area contributed by atoms with Crippen LogP contribution in [0.3, 0.4) is 0 Å². The topological polar surface area (TPSA) is 73.9 Å². The molecule has 0 saturated heterocycles. The van der Waals surface area contributed by atoms with Crippen molar-refractivity contribution >= 4 is 45.0 Å². The lowest BCUT2D eigenvalue weighted by molar-refractivity contribution is -0.136. The van der Waals surface area contributed by atoms with Crippen LogP contribution in [-0.2, 0) is 16.1 Å². The molecule has 0 bridgehead atoms.